The van der Waals surface area contributed by atoms with Crippen molar-refractivity contribution in [1.29, 1.82) is 0 Å². The van der Waals surface area contributed by atoms with Gasteiger partial charge in [-0.2, -0.15) is 0 Å². The van der Waals surface area contributed by atoms with E-state index >= 15 is 0 Å². The zero-order valence-electron chi connectivity index (χ0n) is 14.8. The third kappa shape index (κ3) is 3.95. The number of benzene rings is 2. The Morgan fingerprint density at radius 2 is 1.92 bits per heavy atom. The molecule has 2 N–H and O–H groups in total. The number of hydrogen-bond acceptors (Lipinski definition) is 5. The van der Waals surface area contributed by atoms with Gasteiger partial charge in [0.25, 0.3) is 0 Å². The van der Waals surface area contributed by atoms with E-state index in [9.17, 15) is 13.2 Å². The summed E-state index contributed by atoms with van der Waals surface area (Å²) in [7, 11) is -3.75. The normalized spacial score (nSPS) is 13.5. The number of fused-ring (bicyclic) bond motifs is 1. The second-order valence-electron chi connectivity index (χ2n) is 6.23. The number of sulfonamides is 1. The fourth-order valence-electron chi connectivity index (χ4n) is 2.95. The van der Waals surface area contributed by atoms with Crippen LogP contribution in [0.4, 0.5) is 0 Å². The molecule has 1 aliphatic rings. The van der Waals surface area contributed by atoms with Crippen LogP contribution in [0.3, 0.4) is 0 Å². The molecule has 1 aliphatic heterocycles. The van der Waals surface area contributed by atoms with Crippen LogP contribution in [0.25, 0.3) is 0 Å². The molecule has 0 radical (unpaired) electrons. The molecule has 0 fully saturated rings. The maximum absolute atomic E-state index is 12.7. The lowest BCUT2D eigenvalue weighted by Gasteiger charge is -2.11. The lowest BCUT2D eigenvalue weighted by atomic mass is 10.1. The first kappa shape index (κ1) is 18.6. The van der Waals surface area contributed by atoms with Crippen LogP contribution >= 0.6 is 0 Å². The number of carbonyl (C=O) groups excluding carboxylic acids is 1. The third-order valence-corrected chi connectivity index (χ3v) is 5.90. The lowest BCUT2D eigenvalue weighted by Crippen LogP contribution is -2.24. The minimum Gasteiger partial charge on any atom is -0.462 e. The molecule has 138 valence electrons. The molecular weight excluding hydrogens is 352 g/mol. The Morgan fingerprint density at radius 3 is 2.69 bits per heavy atom. The van der Waals surface area contributed by atoms with Gasteiger partial charge in [-0.1, -0.05) is 24.3 Å². The Labute approximate surface area is 153 Å². The van der Waals surface area contributed by atoms with E-state index in [2.05, 4.69) is 10.0 Å². The smallest absolute Gasteiger partial charge is 0.338 e. The Balaban J connectivity index is 1.79. The highest BCUT2D eigenvalue weighted by Crippen LogP contribution is 2.20. The highest BCUT2D eigenvalue weighted by Gasteiger charge is 2.20. The zero-order valence-corrected chi connectivity index (χ0v) is 15.7. The molecule has 2 aromatic carbocycles. The minimum absolute atomic E-state index is 0.0888. The van der Waals surface area contributed by atoms with Crippen LogP contribution in [0.1, 0.15) is 39.5 Å². The largest absolute Gasteiger partial charge is 0.462 e. The van der Waals surface area contributed by atoms with E-state index in [4.69, 9.17) is 4.74 Å². The molecule has 0 saturated heterocycles. The first-order chi connectivity index (χ1) is 12.4. The molecule has 0 aliphatic carbocycles. The second-order valence-corrected chi connectivity index (χ2v) is 7.97. The molecule has 1 heterocycles. The zero-order chi connectivity index (χ0) is 18.7. The van der Waals surface area contributed by atoms with Gasteiger partial charge >= 0.3 is 5.97 Å². The summed E-state index contributed by atoms with van der Waals surface area (Å²) in [5.41, 5.74) is 4.14. The highest BCUT2D eigenvalue weighted by molar-refractivity contribution is 7.89. The van der Waals surface area contributed by atoms with E-state index < -0.39 is 16.0 Å². The molecule has 0 saturated carbocycles. The summed E-state index contributed by atoms with van der Waals surface area (Å²) in [6, 6.07) is 10.5. The molecule has 0 aromatic heterocycles. The number of ether oxygens (including phenoxy) is 1. The van der Waals surface area contributed by atoms with E-state index in [-0.39, 0.29) is 23.6 Å². The van der Waals surface area contributed by atoms with Crippen molar-refractivity contribution in [3.05, 3.63) is 64.2 Å². The summed E-state index contributed by atoms with van der Waals surface area (Å²) in [6.07, 6.45) is 0. The van der Waals surface area contributed by atoms with Crippen molar-refractivity contribution in [3.8, 4) is 0 Å². The van der Waals surface area contributed by atoms with Crippen LogP contribution in [-0.4, -0.2) is 21.0 Å². The lowest BCUT2D eigenvalue weighted by molar-refractivity contribution is 0.0526. The molecule has 3 rings (SSSR count). The molecule has 7 heteroatoms. The second kappa shape index (κ2) is 7.57. The van der Waals surface area contributed by atoms with E-state index in [1.165, 1.54) is 17.2 Å². The van der Waals surface area contributed by atoms with Crippen LogP contribution in [0, 0.1) is 6.92 Å². The highest BCUT2D eigenvalue weighted by atomic mass is 32.2. The number of hydrogen-bond donors (Lipinski definition) is 2. The van der Waals surface area contributed by atoms with Crippen molar-refractivity contribution in [1.82, 2.24) is 10.0 Å². The van der Waals surface area contributed by atoms with Gasteiger partial charge in [-0.05, 0) is 48.2 Å². The molecule has 0 atom stereocenters. The Bertz CT molecular complexity index is 939. The van der Waals surface area contributed by atoms with Crippen LogP contribution < -0.4 is 10.0 Å². The van der Waals surface area contributed by atoms with Crippen molar-refractivity contribution >= 4 is 16.0 Å². The van der Waals surface area contributed by atoms with E-state index in [0.29, 0.717) is 5.56 Å². The van der Waals surface area contributed by atoms with Gasteiger partial charge < -0.3 is 10.1 Å². The van der Waals surface area contributed by atoms with Crippen molar-refractivity contribution < 1.29 is 17.9 Å². The maximum atomic E-state index is 12.7. The monoisotopic (exact) mass is 374 g/mol. The van der Waals surface area contributed by atoms with Crippen molar-refractivity contribution in [2.45, 2.75) is 38.4 Å². The summed E-state index contributed by atoms with van der Waals surface area (Å²) >= 11 is 0. The van der Waals surface area contributed by atoms with Gasteiger partial charge in [-0.15, -0.1) is 0 Å². The van der Waals surface area contributed by atoms with Gasteiger partial charge in [0.1, 0.15) is 0 Å². The van der Waals surface area contributed by atoms with Gasteiger partial charge in [0.05, 0.1) is 17.1 Å². The van der Waals surface area contributed by atoms with Gasteiger partial charge in [-0.3, -0.25) is 0 Å². The predicted molar refractivity (Wildman–Crippen MR) is 98.1 cm³/mol. The number of aryl methyl sites for hydroxylation is 1. The fourth-order valence-corrected chi connectivity index (χ4v) is 4.23. The Morgan fingerprint density at radius 1 is 1.15 bits per heavy atom. The molecule has 0 bridgehead atoms. The molecule has 2 aromatic rings. The average Bonchev–Trinajstić information content (AvgIpc) is 3.08. The first-order valence-corrected chi connectivity index (χ1v) is 9.98. The number of nitrogens with one attached hydrogen (secondary N) is 2. The fraction of sp³-hybridized carbons (Fsp3) is 0.316. The third-order valence-electron chi connectivity index (χ3n) is 4.36. The molecule has 0 unspecified atom stereocenters. The molecule has 6 nitrogen and oxygen atoms in total. The van der Waals surface area contributed by atoms with Crippen molar-refractivity contribution in [2.75, 3.05) is 6.61 Å². The average molecular weight is 374 g/mol. The van der Waals surface area contributed by atoms with Gasteiger partial charge in [-0.25, -0.2) is 17.9 Å². The molecule has 0 spiro atoms. The SMILES string of the molecule is CCOC(=O)c1ccc(C)c(S(=O)(=O)NCc2ccc3c(c2)CNC3)c1. The topological polar surface area (TPSA) is 84.5 Å². The van der Waals surface area contributed by atoms with Crippen LogP contribution in [0.5, 0.6) is 0 Å². The summed E-state index contributed by atoms with van der Waals surface area (Å²) in [5.74, 6) is -0.532. The minimum atomic E-state index is -3.75. The van der Waals surface area contributed by atoms with Crippen molar-refractivity contribution in [3.63, 3.8) is 0 Å². The molecule has 26 heavy (non-hydrogen) atoms. The maximum Gasteiger partial charge on any atom is 0.338 e. The number of rotatable bonds is 6. The molecular formula is C19H22N2O4S. The Kier molecular flexibility index (Phi) is 5.41. The summed E-state index contributed by atoms with van der Waals surface area (Å²) in [6.45, 7) is 5.48. The summed E-state index contributed by atoms with van der Waals surface area (Å²) < 4.78 is 33.0. The van der Waals surface area contributed by atoms with Gasteiger partial charge in [0.15, 0.2) is 0 Å². The quantitative estimate of drug-likeness (QED) is 0.758. The van der Waals surface area contributed by atoms with E-state index in [0.717, 1.165) is 18.7 Å². The van der Waals surface area contributed by atoms with Crippen LogP contribution in [0.2, 0.25) is 0 Å². The van der Waals surface area contributed by atoms with Crippen molar-refractivity contribution in [2.24, 2.45) is 0 Å². The van der Waals surface area contributed by atoms with E-state index in [1.54, 1.807) is 26.0 Å². The molecule has 0 amide bonds. The van der Waals surface area contributed by atoms with Gasteiger partial charge in [0.2, 0.25) is 10.0 Å². The standard InChI is InChI=1S/C19H22N2O4S/c1-3-25-19(22)15-6-4-13(2)18(9-15)26(23,24)21-10-14-5-7-16-11-20-12-17(16)8-14/h4-9,20-21H,3,10-12H2,1-2H3. The van der Waals surface area contributed by atoms with E-state index in [1.807, 2.05) is 18.2 Å². The number of carbonyl (C=O) groups is 1. The van der Waals surface area contributed by atoms with Gasteiger partial charge in [0, 0.05) is 19.6 Å². The summed E-state index contributed by atoms with van der Waals surface area (Å²) in [5, 5.41) is 3.27. The summed E-state index contributed by atoms with van der Waals surface area (Å²) in [4.78, 5) is 12.0. The first-order valence-electron chi connectivity index (χ1n) is 8.49. The van der Waals surface area contributed by atoms with Crippen LogP contribution in [-0.2, 0) is 34.4 Å². The Hall–Kier alpha value is -2.22. The number of esters is 1. The predicted octanol–water partition coefficient (Wildman–Crippen LogP) is 2.25. The van der Waals surface area contributed by atoms with Crippen LogP contribution in [0.15, 0.2) is 41.3 Å².